The normalized spacial score (nSPS) is 11.0. The van der Waals surface area contributed by atoms with Crippen LogP contribution in [0.25, 0.3) is 11.4 Å². The molecule has 2 heterocycles. The van der Waals surface area contributed by atoms with Gasteiger partial charge in [0.15, 0.2) is 11.0 Å². The molecule has 8 heteroatoms. The SMILES string of the molecule is COc1ccc(-c2nnc(SCC(=O)Nc3ccccc3C(C)C)n2Cc2ccco2)cc1. The maximum absolute atomic E-state index is 12.7. The van der Waals surface area contributed by atoms with Crippen molar-refractivity contribution in [2.45, 2.75) is 31.5 Å². The number of methoxy groups -OCH3 is 1. The summed E-state index contributed by atoms with van der Waals surface area (Å²) in [6.45, 7) is 4.68. The third-order valence-electron chi connectivity index (χ3n) is 5.15. The summed E-state index contributed by atoms with van der Waals surface area (Å²) in [5.41, 5.74) is 2.85. The molecule has 0 spiro atoms. The van der Waals surface area contributed by atoms with E-state index in [2.05, 4.69) is 29.4 Å². The third kappa shape index (κ3) is 5.46. The van der Waals surface area contributed by atoms with Crippen molar-refractivity contribution < 1.29 is 13.9 Å². The van der Waals surface area contributed by atoms with E-state index in [-0.39, 0.29) is 11.7 Å². The first kappa shape index (κ1) is 22.7. The lowest BCUT2D eigenvalue weighted by Gasteiger charge is -2.13. The van der Waals surface area contributed by atoms with Gasteiger partial charge >= 0.3 is 0 Å². The zero-order valence-electron chi connectivity index (χ0n) is 18.8. The fourth-order valence-electron chi connectivity index (χ4n) is 3.48. The summed E-state index contributed by atoms with van der Waals surface area (Å²) in [5.74, 6) is 2.68. The van der Waals surface area contributed by atoms with Crippen LogP contribution in [0.15, 0.2) is 76.5 Å². The lowest BCUT2D eigenvalue weighted by Crippen LogP contribution is -2.16. The number of nitrogens with zero attached hydrogens (tertiary/aromatic N) is 3. The van der Waals surface area contributed by atoms with Crippen LogP contribution in [0.4, 0.5) is 5.69 Å². The zero-order chi connectivity index (χ0) is 23.2. The molecule has 0 radical (unpaired) electrons. The van der Waals surface area contributed by atoms with Gasteiger partial charge in [0.05, 0.1) is 25.7 Å². The van der Waals surface area contributed by atoms with Crippen LogP contribution in [0.1, 0.15) is 31.1 Å². The molecule has 4 aromatic rings. The van der Waals surface area contributed by atoms with E-state index < -0.39 is 0 Å². The van der Waals surface area contributed by atoms with Crippen molar-refractivity contribution in [1.29, 1.82) is 0 Å². The summed E-state index contributed by atoms with van der Waals surface area (Å²) < 4.78 is 12.8. The van der Waals surface area contributed by atoms with Gasteiger partial charge in [0.25, 0.3) is 0 Å². The van der Waals surface area contributed by atoms with E-state index in [4.69, 9.17) is 9.15 Å². The fourth-order valence-corrected chi connectivity index (χ4v) is 4.22. The number of aromatic nitrogens is 3. The molecule has 0 atom stereocenters. The molecule has 0 saturated heterocycles. The number of benzene rings is 2. The standard InChI is InChI=1S/C25H26N4O3S/c1-17(2)21-8-4-5-9-22(21)26-23(30)16-33-25-28-27-24(18-10-12-19(31-3)13-11-18)29(25)15-20-7-6-14-32-20/h4-14,17H,15-16H2,1-3H3,(H,26,30). The van der Waals surface area contributed by atoms with Gasteiger partial charge in [-0.3, -0.25) is 9.36 Å². The monoisotopic (exact) mass is 462 g/mol. The Hall–Kier alpha value is -3.52. The second kappa shape index (κ2) is 10.4. The Morgan fingerprint density at radius 3 is 2.58 bits per heavy atom. The molecule has 33 heavy (non-hydrogen) atoms. The van der Waals surface area contributed by atoms with Gasteiger partial charge in [-0.1, -0.05) is 43.8 Å². The van der Waals surface area contributed by atoms with E-state index in [1.807, 2.05) is 65.2 Å². The van der Waals surface area contributed by atoms with Crippen LogP contribution in [-0.2, 0) is 11.3 Å². The van der Waals surface area contributed by atoms with Gasteiger partial charge in [0.2, 0.25) is 5.91 Å². The largest absolute Gasteiger partial charge is 0.497 e. The maximum atomic E-state index is 12.7. The van der Waals surface area contributed by atoms with Crippen molar-refractivity contribution in [3.05, 3.63) is 78.3 Å². The lowest BCUT2D eigenvalue weighted by molar-refractivity contribution is -0.113. The minimum absolute atomic E-state index is 0.0911. The van der Waals surface area contributed by atoms with Crippen LogP contribution in [0.2, 0.25) is 0 Å². The number of nitrogens with one attached hydrogen (secondary N) is 1. The van der Waals surface area contributed by atoms with E-state index in [0.29, 0.717) is 23.4 Å². The van der Waals surface area contributed by atoms with Gasteiger partial charge in [-0.2, -0.15) is 0 Å². The average molecular weight is 463 g/mol. The van der Waals surface area contributed by atoms with Crippen LogP contribution >= 0.6 is 11.8 Å². The number of thioether (sulfide) groups is 1. The third-order valence-corrected chi connectivity index (χ3v) is 6.12. The van der Waals surface area contributed by atoms with Gasteiger partial charge in [-0.25, -0.2) is 0 Å². The summed E-state index contributed by atoms with van der Waals surface area (Å²) in [7, 11) is 1.63. The molecule has 0 unspecified atom stereocenters. The number of hydrogen-bond donors (Lipinski definition) is 1. The molecule has 170 valence electrons. The van der Waals surface area contributed by atoms with Crippen molar-refractivity contribution in [2.75, 3.05) is 18.2 Å². The predicted molar refractivity (Wildman–Crippen MR) is 130 cm³/mol. The van der Waals surface area contributed by atoms with E-state index in [9.17, 15) is 4.79 Å². The molecule has 0 aliphatic carbocycles. The minimum atomic E-state index is -0.0911. The second-order valence-electron chi connectivity index (χ2n) is 7.78. The van der Waals surface area contributed by atoms with Crippen LogP contribution < -0.4 is 10.1 Å². The van der Waals surface area contributed by atoms with Crippen molar-refractivity contribution >= 4 is 23.4 Å². The van der Waals surface area contributed by atoms with Gasteiger partial charge in [0.1, 0.15) is 11.5 Å². The molecule has 0 saturated carbocycles. The number of amides is 1. The number of carbonyl (C=O) groups is 1. The van der Waals surface area contributed by atoms with Crippen LogP contribution in [-0.4, -0.2) is 33.5 Å². The molecule has 0 aliphatic rings. The first-order valence-corrected chi connectivity index (χ1v) is 11.6. The molecule has 4 rings (SSSR count). The molecule has 0 aliphatic heterocycles. The molecule has 0 bridgehead atoms. The minimum Gasteiger partial charge on any atom is -0.497 e. The molecule has 7 nitrogen and oxygen atoms in total. The molecule has 1 N–H and O–H groups in total. The Balaban J connectivity index is 1.53. The number of carbonyl (C=O) groups excluding carboxylic acids is 1. The van der Waals surface area contributed by atoms with E-state index >= 15 is 0 Å². The highest BCUT2D eigenvalue weighted by Gasteiger charge is 2.18. The quantitative estimate of drug-likeness (QED) is 0.333. The molecule has 2 aromatic carbocycles. The number of hydrogen-bond acceptors (Lipinski definition) is 6. The van der Waals surface area contributed by atoms with Gasteiger partial charge < -0.3 is 14.5 Å². The first-order chi connectivity index (χ1) is 16.0. The first-order valence-electron chi connectivity index (χ1n) is 10.7. The average Bonchev–Trinajstić information content (AvgIpc) is 3.48. The van der Waals surface area contributed by atoms with Gasteiger partial charge in [-0.15, -0.1) is 10.2 Å². The van der Waals surface area contributed by atoms with Crippen LogP contribution in [0.3, 0.4) is 0 Å². The fraction of sp³-hybridized carbons (Fsp3) is 0.240. The number of furan rings is 1. The summed E-state index contributed by atoms with van der Waals surface area (Å²) in [4.78, 5) is 12.7. The summed E-state index contributed by atoms with van der Waals surface area (Å²) in [5, 5.41) is 12.4. The highest BCUT2D eigenvalue weighted by molar-refractivity contribution is 7.99. The molecular weight excluding hydrogens is 436 g/mol. The predicted octanol–water partition coefficient (Wildman–Crippen LogP) is 5.45. The van der Waals surface area contributed by atoms with E-state index in [1.165, 1.54) is 11.8 Å². The topological polar surface area (TPSA) is 82.2 Å². The Kier molecular flexibility index (Phi) is 7.14. The Bertz CT molecular complexity index is 1200. The molecular formula is C25H26N4O3S. The lowest BCUT2D eigenvalue weighted by atomic mass is 10.0. The smallest absolute Gasteiger partial charge is 0.234 e. The summed E-state index contributed by atoms with van der Waals surface area (Å²) in [6, 6.07) is 19.3. The zero-order valence-corrected chi connectivity index (χ0v) is 19.6. The molecule has 2 aromatic heterocycles. The number of rotatable bonds is 9. The highest BCUT2D eigenvalue weighted by Crippen LogP contribution is 2.28. The number of ether oxygens (including phenoxy) is 1. The van der Waals surface area contributed by atoms with E-state index in [1.54, 1.807) is 13.4 Å². The Morgan fingerprint density at radius 1 is 1.09 bits per heavy atom. The highest BCUT2D eigenvalue weighted by atomic mass is 32.2. The van der Waals surface area contributed by atoms with Crippen molar-refractivity contribution in [2.24, 2.45) is 0 Å². The number of para-hydroxylation sites is 1. The maximum Gasteiger partial charge on any atom is 0.234 e. The number of anilines is 1. The van der Waals surface area contributed by atoms with Crippen molar-refractivity contribution in [1.82, 2.24) is 14.8 Å². The summed E-state index contributed by atoms with van der Waals surface area (Å²) >= 11 is 1.34. The van der Waals surface area contributed by atoms with Crippen LogP contribution in [0, 0.1) is 0 Å². The van der Waals surface area contributed by atoms with Crippen molar-refractivity contribution in [3.63, 3.8) is 0 Å². The van der Waals surface area contributed by atoms with Crippen molar-refractivity contribution in [3.8, 4) is 17.1 Å². The van der Waals surface area contributed by atoms with E-state index in [0.717, 1.165) is 28.3 Å². The van der Waals surface area contributed by atoms with Gasteiger partial charge in [-0.05, 0) is 53.9 Å². The second-order valence-corrected chi connectivity index (χ2v) is 8.72. The van der Waals surface area contributed by atoms with Crippen LogP contribution in [0.5, 0.6) is 5.75 Å². The molecule has 1 amide bonds. The molecule has 0 fully saturated rings. The summed E-state index contributed by atoms with van der Waals surface area (Å²) in [6.07, 6.45) is 1.64. The Morgan fingerprint density at radius 2 is 1.88 bits per heavy atom. The Labute approximate surface area is 197 Å². The van der Waals surface area contributed by atoms with Gasteiger partial charge in [0, 0.05) is 11.3 Å².